The predicted octanol–water partition coefficient (Wildman–Crippen LogP) is 1.30. The zero-order valence-electron chi connectivity index (χ0n) is 10.7. The lowest BCUT2D eigenvalue weighted by Gasteiger charge is -2.03. The van der Waals surface area contributed by atoms with Crippen LogP contribution in [0.3, 0.4) is 0 Å². The predicted molar refractivity (Wildman–Crippen MR) is 72.4 cm³/mol. The number of hydrogen-bond acceptors (Lipinski definition) is 6. The molecule has 0 unspecified atom stereocenters. The topological polar surface area (TPSA) is 135 Å². The Hall–Kier alpha value is -3.42. The Morgan fingerprint density at radius 2 is 1.14 bits per heavy atom. The summed E-state index contributed by atoms with van der Waals surface area (Å²) in [5.74, 6) is -2.89. The first-order chi connectivity index (χ1) is 10.4. The van der Waals surface area contributed by atoms with E-state index in [0.717, 1.165) is 12.1 Å². The number of rotatable bonds is 2. The molecule has 8 nitrogen and oxygen atoms in total. The Kier molecular flexibility index (Phi) is 2.81. The van der Waals surface area contributed by atoms with Gasteiger partial charge in [0.2, 0.25) is 0 Å². The van der Waals surface area contributed by atoms with Crippen LogP contribution in [0.2, 0.25) is 0 Å². The van der Waals surface area contributed by atoms with Gasteiger partial charge in [0.1, 0.15) is 11.1 Å². The third kappa shape index (κ3) is 1.94. The molecule has 0 aliphatic carbocycles. The molecule has 110 valence electrons. The minimum atomic E-state index is -1.45. The van der Waals surface area contributed by atoms with Crippen LogP contribution in [0, 0.1) is 0 Å². The second kappa shape index (κ2) is 4.55. The van der Waals surface area contributed by atoms with E-state index in [1.54, 1.807) is 0 Å². The molecule has 0 amide bonds. The van der Waals surface area contributed by atoms with Gasteiger partial charge in [-0.05, 0) is 12.1 Å². The van der Waals surface area contributed by atoms with E-state index < -0.39 is 34.3 Å². The van der Waals surface area contributed by atoms with Crippen molar-refractivity contribution in [3.05, 3.63) is 56.2 Å². The number of carboxylic acids is 2. The molecule has 0 saturated heterocycles. The molecular weight excluding hydrogens is 296 g/mol. The molecule has 8 heteroatoms. The quantitative estimate of drug-likeness (QED) is 0.534. The zero-order chi connectivity index (χ0) is 16.0. The normalized spacial score (nSPS) is 10.9. The highest BCUT2D eigenvalue weighted by Crippen LogP contribution is 2.24. The second-order valence-electron chi connectivity index (χ2n) is 4.41. The van der Waals surface area contributed by atoms with Crippen molar-refractivity contribution < 1.29 is 28.6 Å². The number of carbonyl (C=O) groups is 2. The van der Waals surface area contributed by atoms with Gasteiger partial charge in [-0.15, -0.1) is 0 Å². The number of hydrogen-bond donors (Lipinski definition) is 2. The molecule has 0 fully saturated rings. The highest BCUT2D eigenvalue weighted by molar-refractivity contribution is 6.03. The molecule has 3 rings (SSSR count). The molecule has 0 saturated carbocycles. The maximum absolute atomic E-state index is 11.6. The van der Waals surface area contributed by atoms with Crippen LogP contribution in [0.15, 0.2) is 42.7 Å². The summed E-state index contributed by atoms with van der Waals surface area (Å²) in [7, 11) is 0. The Morgan fingerprint density at radius 1 is 0.773 bits per heavy atom. The maximum Gasteiger partial charge on any atom is 0.351 e. The van der Waals surface area contributed by atoms with Crippen molar-refractivity contribution in [1.82, 2.24) is 0 Å². The minimum Gasteiger partial charge on any atom is -0.477 e. The summed E-state index contributed by atoms with van der Waals surface area (Å²) in [5.41, 5.74) is -3.56. The van der Waals surface area contributed by atoms with Crippen molar-refractivity contribution in [3.8, 4) is 0 Å². The van der Waals surface area contributed by atoms with Crippen LogP contribution in [0.4, 0.5) is 0 Å². The van der Waals surface area contributed by atoms with Gasteiger partial charge in [0.05, 0.1) is 0 Å². The third-order valence-corrected chi connectivity index (χ3v) is 3.06. The van der Waals surface area contributed by atoms with E-state index in [4.69, 9.17) is 19.0 Å². The molecule has 0 atom stereocenters. The first-order valence-corrected chi connectivity index (χ1v) is 5.90. The Bertz CT molecular complexity index is 983. The summed E-state index contributed by atoms with van der Waals surface area (Å²) < 4.78 is 9.81. The molecule has 0 aliphatic heterocycles. The van der Waals surface area contributed by atoms with Gasteiger partial charge >= 0.3 is 23.2 Å². The van der Waals surface area contributed by atoms with Crippen molar-refractivity contribution in [3.63, 3.8) is 0 Å². The zero-order valence-corrected chi connectivity index (χ0v) is 10.7. The van der Waals surface area contributed by atoms with Crippen molar-refractivity contribution in [2.24, 2.45) is 0 Å². The minimum absolute atomic E-state index is 0.124. The van der Waals surface area contributed by atoms with Gasteiger partial charge in [-0.25, -0.2) is 19.2 Å². The van der Waals surface area contributed by atoms with Gasteiger partial charge in [0.25, 0.3) is 0 Å². The lowest BCUT2D eigenvalue weighted by Crippen LogP contribution is -2.14. The summed E-state index contributed by atoms with van der Waals surface area (Å²) in [4.78, 5) is 45.0. The lowest BCUT2D eigenvalue weighted by atomic mass is 10.1. The average molecular weight is 302 g/mol. The molecule has 2 N–H and O–H groups in total. The van der Waals surface area contributed by atoms with E-state index in [2.05, 4.69) is 0 Å². The number of fused-ring (bicyclic) bond motifs is 3. The molecule has 0 aliphatic rings. The van der Waals surface area contributed by atoms with Crippen molar-refractivity contribution in [2.45, 2.75) is 0 Å². The fourth-order valence-corrected chi connectivity index (χ4v) is 2.05. The summed E-state index contributed by atoms with van der Waals surface area (Å²) in [6.07, 6.45) is 0. The molecule has 2 heterocycles. The summed E-state index contributed by atoms with van der Waals surface area (Å²) in [5, 5.41) is 18.2. The van der Waals surface area contributed by atoms with E-state index >= 15 is 0 Å². The van der Waals surface area contributed by atoms with Gasteiger partial charge in [-0.3, -0.25) is 0 Å². The first kappa shape index (κ1) is 13.6. The van der Waals surface area contributed by atoms with E-state index in [0.29, 0.717) is 0 Å². The Labute approximate surface area is 119 Å². The SMILES string of the molecule is O=C(O)c1cc2ccc3cc(C(=O)O)c(=O)oc3c2oc1=O. The van der Waals surface area contributed by atoms with Gasteiger partial charge in [-0.2, -0.15) is 0 Å². The fraction of sp³-hybridized carbons (Fsp3) is 0. The molecule has 2 aromatic heterocycles. The van der Waals surface area contributed by atoms with Crippen LogP contribution in [0.1, 0.15) is 20.7 Å². The number of aromatic carboxylic acids is 2. The molecule has 0 radical (unpaired) electrons. The molecular formula is C14H6O8. The first-order valence-electron chi connectivity index (χ1n) is 5.90. The van der Waals surface area contributed by atoms with E-state index in [1.807, 2.05) is 0 Å². The van der Waals surface area contributed by atoms with Gasteiger partial charge in [-0.1, -0.05) is 12.1 Å². The van der Waals surface area contributed by atoms with E-state index in [-0.39, 0.29) is 21.9 Å². The summed E-state index contributed by atoms with van der Waals surface area (Å²) >= 11 is 0. The van der Waals surface area contributed by atoms with Gasteiger partial charge < -0.3 is 19.0 Å². The van der Waals surface area contributed by atoms with Crippen LogP contribution < -0.4 is 11.3 Å². The van der Waals surface area contributed by atoms with Gasteiger partial charge in [0.15, 0.2) is 11.2 Å². The summed E-state index contributed by atoms with van der Waals surface area (Å²) in [6.45, 7) is 0. The lowest BCUT2D eigenvalue weighted by molar-refractivity contribution is 0.0681. The molecule has 3 aromatic rings. The Morgan fingerprint density at radius 3 is 1.45 bits per heavy atom. The third-order valence-electron chi connectivity index (χ3n) is 3.06. The van der Waals surface area contributed by atoms with Crippen LogP contribution in [0.5, 0.6) is 0 Å². The number of carboxylic acid groups (broad SMARTS) is 2. The van der Waals surface area contributed by atoms with Crippen molar-refractivity contribution in [1.29, 1.82) is 0 Å². The van der Waals surface area contributed by atoms with Crippen LogP contribution >= 0.6 is 0 Å². The van der Waals surface area contributed by atoms with Crippen molar-refractivity contribution in [2.75, 3.05) is 0 Å². The maximum atomic E-state index is 11.6. The number of benzene rings is 1. The molecule has 0 bridgehead atoms. The smallest absolute Gasteiger partial charge is 0.351 e. The second-order valence-corrected chi connectivity index (χ2v) is 4.41. The fourth-order valence-electron chi connectivity index (χ4n) is 2.05. The highest BCUT2D eigenvalue weighted by atomic mass is 16.4. The van der Waals surface area contributed by atoms with Crippen LogP contribution in [0.25, 0.3) is 21.9 Å². The van der Waals surface area contributed by atoms with E-state index in [1.165, 1.54) is 12.1 Å². The average Bonchev–Trinajstić information content (AvgIpc) is 2.45. The molecule has 22 heavy (non-hydrogen) atoms. The largest absolute Gasteiger partial charge is 0.477 e. The van der Waals surface area contributed by atoms with Crippen LogP contribution in [-0.4, -0.2) is 22.2 Å². The van der Waals surface area contributed by atoms with E-state index in [9.17, 15) is 19.2 Å². The van der Waals surface area contributed by atoms with Crippen molar-refractivity contribution >= 4 is 33.9 Å². The molecule has 0 spiro atoms. The Balaban J connectivity index is 2.46. The monoisotopic (exact) mass is 302 g/mol. The van der Waals surface area contributed by atoms with Gasteiger partial charge in [0, 0.05) is 10.8 Å². The standard InChI is InChI=1S/C14H6O8/c15-11(16)7-3-5-1-2-6-4-8(12(17)18)14(20)22-10(6)9(5)21-13(7)19/h1-4H,(H,15,16)(H,17,18). The highest BCUT2D eigenvalue weighted by Gasteiger charge is 2.17. The summed E-state index contributed by atoms with van der Waals surface area (Å²) in [6, 6.07) is 5.04. The van der Waals surface area contributed by atoms with Crippen LogP contribution in [-0.2, 0) is 0 Å². The molecule has 1 aromatic carbocycles.